The molecule has 0 saturated heterocycles. The van der Waals surface area contributed by atoms with Crippen molar-refractivity contribution in [2.45, 2.75) is 32.6 Å². The highest BCUT2D eigenvalue weighted by atomic mass is 19.2. The van der Waals surface area contributed by atoms with Gasteiger partial charge in [-0.05, 0) is 42.7 Å². The van der Waals surface area contributed by atoms with Crippen LogP contribution in [0.25, 0.3) is 5.57 Å². The third kappa shape index (κ3) is 3.79. The molecule has 1 aromatic carbocycles. The molecule has 0 aromatic heterocycles. The Bertz CT molecular complexity index is 546. The van der Waals surface area contributed by atoms with Crippen LogP contribution in [0.5, 0.6) is 0 Å². The molecule has 21 heavy (non-hydrogen) atoms. The second kappa shape index (κ2) is 7.51. The third-order valence-corrected chi connectivity index (χ3v) is 4.01. The van der Waals surface area contributed by atoms with Crippen LogP contribution in [0.2, 0.25) is 0 Å². The molecule has 1 aliphatic rings. The fourth-order valence-corrected chi connectivity index (χ4v) is 2.73. The van der Waals surface area contributed by atoms with Crippen LogP contribution in [0.15, 0.2) is 30.4 Å². The summed E-state index contributed by atoms with van der Waals surface area (Å²) in [6.45, 7) is 2.44. The molecular formula is C18H22F2O. The van der Waals surface area contributed by atoms with E-state index in [1.165, 1.54) is 0 Å². The second-order valence-electron chi connectivity index (χ2n) is 5.40. The molecule has 1 atom stereocenters. The van der Waals surface area contributed by atoms with E-state index in [9.17, 15) is 8.78 Å². The van der Waals surface area contributed by atoms with Gasteiger partial charge in [-0.15, -0.1) is 0 Å². The van der Waals surface area contributed by atoms with Crippen molar-refractivity contribution >= 4 is 5.57 Å². The molecule has 2 rings (SSSR count). The van der Waals surface area contributed by atoms with Gasteiger partial charge in [0.1, 0.15) is 0 Å². The summed E-state index contributed by atoms with van der Waals surface area (Å²) >= 11 is 0. The SMILES string of the molecule is CCc1ccc(C2=CCC(/C=C/COC)CC2)c(F)c1F. The molecular weight excluding hydrogens is 270 g/mol. The van der Waals surface area contributed by atoms with E-state index in [-0.39, 0.29) is 0 Å². The Labute approximate surface area is 125 Å². The topological polar surface area (TPSA) is 9.23 Å². The van der Waals surface area contributed by atoms with Gasteiger partial charge in [-0.2, -0.15) is 0 Å². The number of benzene rings is 1. The first-order chi connectivity index (χ1) is 10.2. The second-order valence-corrected chi connectivity index (χ2v) is 5.40. The number of allylic oxidation sites excluding steroid dienone is 3. The molecule has 3 heteroatoms. The average molecular weight is 292 g/mol. The summed E-state index contributed by atoms with van der Waals surface area (Å²) < 4.78 is 33.0. The van der Waals surface area contributed by atoms with Crippen molar-refractivity contribution in [2.24, 2.45) is 5.92 Å². The zero-order valence-electron chi connectivity index (χ0n) is 12.7. The van der Waals surface area contributed by atoms with Crippen LogP contribution in [-0.2, 0) is 11.2 Å². The number of hydrogen-bond acceptors (Lipinski definition) is 1. The van der Waals surface area contributed by atoms with Crippen molar-refractivity contribution in [3.8, 4) is 0 Å². The molecule has 0 spiro atoms. The van der Waals surface area contributed by atoms with Crippen molar-refractivity contribution in [3.05, 3.63) is 53.1 Å². The summed E-state index contributed by atoms with van der Waals surface area (Å²) in [6, 6.07) is 3.41. The van der Waals surface area contributed by atoms with Gasteiger partial charge in [0.05, 0.1) is 6.61 Å². The molecule has 1 unspecified atom stereocenters. The van der Waals surface area contributed by atoms with E-state index in [1.807, 2.05) is 19.1 Å². The van der Waals surface area contributed by atoms with Crippen LogP contribution >= 0.6 is 0 Å². The molecule has 0 heterocycles. The minimum absolute atomic E-state index is 0.420. The van der Waals surface area contributed by atoms with E-state index in [2.05, 4.69) is 6.08 Å². The molecule has 0 radical (unpaired) electrons. The molecule has 1 aliphatic carbocycles. The maximum Gasteiger partial charge on any atom is 0.166 e. The maximum atomic E-state index is 14.1. The van der Waals surface area contributed by atoms with Gasteiger partial charge < -0.3 is 4.74 Å². The Hall–Kier alpha value is -1.48. The first-order valence-corrected chi connectivity index (χ1v) is 7.49. The minimum Gasteiger partial charge on any atom is -0.381 e. The van der Waals surface area contributed by atoms with Gasteiger partial charge >= 0.3 is 0 Å². The van der Waals surface area contributed by atoms with Crippen molar-refractivity contribution in [2.75, 3.05) is 13.7 Å². The van der Waals surface area contributed by atoms with Crippen LogP contribution < -0.4 is 0 Å². The zero-order chi connectivity index (χ0) is 15.2. The summed E-state index contributed by atoms with van der Waals surface area (Å²) in [5.41, 5.74) is 1.78. The Morgan fingerprint density at radius 1 is 1.29 bits per heavy atom. The molecule has 1 aromatic rings. The quantitative estimate of drug-likeness (QED) is 0.700. The summed E-state index contributed by atoms with van der Waals surface area (Å²) in [5.74, 6) is -0.932. The number of rotatable bonds is 5. The van der Waals surface area contributed by atoms with E-state index in [0.29, 0.717) is 30.1 Å². The molecule has 114 valence electrons. The van der Waals surface area contributed by atoms with E-state index >= 15 is 0 Å². The van der Waals surface area contributed by atoms with Crippen LogP contribution in [0.1, 0.15) is 37.3 Å². The number of aryl methyl sites for hydroxylation is 1. The molecule has 0 aliphatic heterocycles. The Balaban J connectivity index is 2.12. The molecule has 0 N–H and O–H groups in total. The summed E-state index contributed by atoms with van der Waals surface area (Å²) in [5, 5.41) is 0. The lowest BCUT2D eigenvalue weighted by Crippen LogP contribution is -2.05. The molecule has 0 bridgehead atoms. The maximum absolute atomic E-state index is 14.1. The van der Waals surface area contributed by atoms with Gasteiger partial charge in [-0.3, -0.25) is 0 Å². The van der Waals surface area contributed by atoms with Crippen LogP contribution in [-0.4, -0.2) is 13.7 Å². The Kier molecular flexibility index (Phi) is 5.68. The largest absolute Gasteiger partial charge is 0.381 e. The molecule has 0 amide bonds. The molecule has 0 saturated carbocycles. The van der Waals surface area contributed by atoms with E-state index in [4.69, 9.17) is 4.74 Å². The fraction of sp³-hybridized carbons (Fsp3) is 0.444. The van der Waals surface area contributed by atoms with Gasteiger partial charge in [-0.25, -0.2) is 8.78 Å². The van der Waals surface area contributed by atoms with Crippen molar-refractivity contribution in [3.63, 3.8) is 0 Å². The van der Waals surface area contributed by atoms with Gasteiger partial charge in [0.15, 0.2) is 11.6 Å². The lowest BCUT2D eigenvalue weighted by Gasteiger charge is -2.20. The summed E-state index contributed by atoms with van der Waals surface area (Å²) in [4.78, 5) is 0. The summed E-state index contributed by atoms with van der Waals surface area (Å²) in [7, 11) is 1.67. The molecule has 1 nitrogen and oxygen atoms in total. The van der Waals surface area contributed by atoms with Gasteiger partial charge in [0.25, 0.3) is 0 Å². The monoisotopic (exact) mass is 292 g/mol. The highest BCUT2D eigenvalue weighted by Gasteiger charge is 2.19. The predicted octanol–water partition coefficient (Wildman–Crippen LogP) is 4.91. The number of methoxy groups -OCH3 is 1. The Morgan fingerprint density at radius 2 is 2.10 bits per heavy atom. The smallest absolute Gasteiger partial charge is 0.166 e. The standard InChI is InChI=1S/C18H22F2O/c1-3-14-10-11-16(18(20)17(14)19)15-8-6-13(7-9-15)5-4-12-21-2/h4-5,8,10-11,13H,3,6-7,9,12H2,1-2H3/b5-4+. The first-order valence-electron chi connectivity index (χ1n) is 7.49. The van der Waals surface area contributed by atoms with E-state index < -0.39 is 11.6 Å². The lowest BCUT2D eigenvalue weighted by molar-refractivity contribution is 0.233. The third-order valence-electron chi connectivity index (χ3n) is 4.01. The van der Waals surface area contributed by atoms with Crippen molar-refractivity contribution in [1.82, 2.24) is 0 Å². The summed E-state index contributed by atoms with van der Waals surface area (Å²) in [6.07, 6.45) is 9.31. The first kappa shape index (κ1) is 15.9. The van der Waals surface area contributed by atoms with Crippen LogP contribution in [0.3, 0.4) is 0 Å². The average Bonchev–Trinajstić information content (AvgIpc) is 2.51. The minimum atomic E-state index is -0.700. The molecule has 0 fully saturated rings. The number of halogens is 2. The fourth-order valence-electron chi connectivity index (χ4n) is 2.73. The van der Waals surface area contributed by atoms with Gasteiger partial charge in [-0.1, -0.05) is 37.3 Å². The normalized spacial score (nSPS) is 19.0. The van der Waals surface area contributed by atoms with Crippen LogP contribution in [0.4, 0.5) is 8.78 Å². The highest BCUT2D eigenvalue weighted by Crippen LogP contribution is 2.33. The lowest BCUT2D eigenvalue weighted by atomic mass is 9.86. The van der Waals surface area contributed by atoms with Gasteiger partial charge in [0.2, 0.25) is 0 Å². The highest BCUT2D eigenvalue weighted by molar-refractivity contribution is 5.67. The van der Waals surface area contributed by atoms with Gasteiger partial charge in [0, 0.05) is 12.7 Å². The van der Waals surface area contributed by atoms with Crippen molar-refractivity contribution in [1.29, 1.82) is 0 Å². The van der Waals surface area contributed by atoms with E-state index in [0.717, 1.165) is 24.8 Å². The number of hydrogen-bond donors (Lipinski definition) is 0. The Morgan fingerprint density at radius 3 is 2.71 bits per heavy atom. The van der Waals surface area contributed by atoms with Crippen LogP contribution in [0, 0.1) is 17.6 Å². The van der Waals surface area contributed by atoms with Crippen molar-refractivity contribution < 1.29 is 13.5 Å². The predicted molar refractivity (Wildman–Crippen MR) is 82.1 cm³/mol. The number of ether oxygens (including phenoxy) is 1. The van der Waals surface area contributed by atoms with E-state index in [1.54, 1.807) is 19.2 Å². The zero-order valence-corrected chi connectivity index (χ0v) is 12.7.